The summed E-state index contributed by atoms with van der Waals surface area (Å²) in [4.78, 5) is 4.38. The van der Waals surface area contributed by atoms with Gasteiger partial charge in [0, 0.05) is 12.5 Å². The molecule has 0 radical (unpaired) electrons. The van der Waals surface area contributed by atoms with E-state index >= 15 is 0 Å². The fourth-order valence-corrected chi connectivity index (χ4v) is 2.46. The second-order valence-corrected chi connectivity index (χ2v) is 5.85. The third kappa shape index (κ3) is 3.70. The van der Waals surface area contributed by atoms with Gasteiger partial charge in [0.25, 0.3) is 0 Å². The average Bonchev–Trinajstić information content (AvgIpc) is 3.03. The molecule has 0 aliphatic heterocycles. The van der Waals surface area contributed by atoms with E-state index in [0.717, 1.165) is 35.6 Å². The first kappa shape index (κ1) is 15.3. The van der Waals surface area contributed by atoms with Crippen molar-refractivity contribution in [3.8, 4) is 0 Å². The Balaban J connectivity index is 2.17. The number of hydrogen-bond acceptors (Lipinski definition) is 4. The van der Waals surface area contributed by atoms with Crippen LogP contribution >= 0.6 is 15.9 Å². The highest BCUT2D eigenvalue weighted by Crippen LogP contribution is 2.23. The maximum absolute atomic E-state index is 5.69. The zero-order valence-corrected chi connectivity index (χ0v) is 13.7. The minimum absolute atomic E-state index is 0.114. The predicted molar refractivity (Wildman–Crippen MR) is 81.6 cm³/mol. The van der Waals surface area contributed by atoms with E-state index in [1.54, 1.807) is 6.33 Å². The summed E-state index contributed by atoms with van der Waals surface area (Å²) >= 11 is 3.36. The van der Waals surface area contributed by atoms with Crippen molar-refractivity contribution in [2.24, 2.45) is 0 Å². The van der Waals surface area contributed by atoms with Gasteiger partial charge in [0.15, 0.2) is 4.67 Å². The Kier molecular flexibility index (Phi) is 5.37. The Labute approximate surface area is 127 Å². The van der Waals surface area contributed by atoms with Crippen molar-refractivity contribution in [3.63, 3.8) is 0 Å². The molecule has 1 atom stereocenters. The topological polar surface area (TPSA) is 55.9 Å². The van der Waals surface area contributed by atoms with Gasteiger partial charge in [-0.1, -0.05) is 6.92 Å². The van der Waals surface area contributed by atoms with E-state index in [2.05, 4.69) is 52.1 Å². The maximum Gasteiger partial charge on any atom is 0.169 e. The minimum atomic E-state index is 0.114. The van der Waals surface area contributed by atoms with Crippen molar-refractivity contribution in [1.82, 2.24) is 20.1 Å². The molecule has 0 amide bonds. The van der Waals surface area contributed by atoms with Gasteiger partial charge in [-0.05, 0) is 54.9 Å². The number of nitrogens with one attached hydrogen (secondary N) is 1. The third-order valence-corrected chi connectivity index (χ3v) is 3.53. The number of nitrogens with zero attached hydrogens (tertiary/aromatic N) is 3. The third-order valence-electron chi connectivity index (χ3n) is 3.10. The van der Waals surface area contributed by atoms with E-state index in [-0.39, 0.29) is 6.04 Å². The van der Waals surface area contributed by atoms with Crippen LogP contribution in [0.25, 0.3) is 0 Å². The monoisotopic (exact) mass is 340 g/mol. The fraction of sp³-hybridized carbons (Fsp3) is 0.571. The number of aromatic nitrogens is 3. The molecule has 0 aliphatic carbocycles. The van der Waals surface area contributed by atoms with Crippen LogP contribution < -0.4 is 5.32 Å². The highest BCUT2D eigenvalue weighted by atomic mass is 79.9. The van der Waals surface area contributed by atoms with Crippen LogP contribution in [-0.4, -0.2) is 21.3 Å². The van der Waals surface area contributed by atoms with Crippen LogP contribution in [0.3, 0.4) is 0 Å². The first-order valence-electron chi connectivity index (χ1n) is 6.98. The van der Waals surface area contributed by atoms with Crippen LogP contribution in [0, 0.1) is 0 Å². The maximum atomic E-state index is 5.69. The van der Waals surface area contributed by atoms with Crippen LogP contribution in [0.4, 0.5) is 0 Å². The van der Waals surface area contributed by atoms with Crippen molar-refractivity contribution >= 4 is 15.9 Å². The molecular formula is C14H21BrN4O. The summed E-state index contributed by atoms with van der Waals surface area (Å²) < 4.78 is 8.40. The lowest BCUT2D eigenvalue weighted by Gasteiger charge is -2.17. The molecule has 0 bridgehead atoms. The standard InChI is InChI=1S/C14H21BrN4O/c1-4-7-16-11(12-5-6-13(15)20-12)8-14-17-9-18-19(14)10(2)3/h5-6,9-11,16H,4,7-8H2,1-3H3. The summed E-state index contributed by atoms with van der Waals surface area (Å²) in [5, 5.41) is 7.79. The van der Waals surface area contributed by atoms with Gasteiger partial charge in [0.05, 0.1) is 6.04 Å². The Morgan fingerprint density at radius 3 is 2.80 bits per heavy atom. The van der Waals surface area contributed by atoms with Crippen LogP contribution in [0.15, 0.2) is 27.5 Å². The van der Waals surface area contributed by atoms with Crippen molar-refractivity contribution in [2.75, 3.05) is 6.54 Å². The van der Waals surface area contributed by atoms with Crippen LogP contribution in [0.1, 0.15) is 50.9 Å². The molecule has 20 heavy (non-hydrogen) atoms. The molecule has 0 aromatic carbocycles. The van der Waals surface area contributed by atoms with E-state index in [1.165, 1.54) is 0 Å². The van der Waals surface area contributed by atoms with E-state index in [1.807, 2.05) is 16.8 Å². The van der Waals surface area contributed by atoms with Gasteiger partial charge in [0.2, 0.25) is 0 Å². The van der Waals surface area contributed by atoms with Crippen LogP contribution in [0.2, 0.25) is 0 Å². The van der Waals surface area contributed by atoms with Crippen LogP contribution in [-0.2, 0) is 6.42 Å². The van der Waals surface area contributed by atoms with Crippen molar-refractivity contribution in [1.29, 1.82) is 0 Å². The summed E-state index contributed by atoms with van der Waals surface area (Å²) in [6.07, 6.45) is 3.46. The molecular weight excluding hydrogens is 320 g/mol. The molecule has 1 unspecified atom stereocenters. The molecule has 2 rings (SSSR count). The summed E-state index contributed by atoms with van der Waals surface area (Å²) in [6.45, 7) is 7.31. The molecule has 0 saturated heterocycles. The van der Waals surface area contributed by atoms with Gasteiger partial charge in [-0.3, -0.25) is 0 Å². The Morgan fingerprint density at radius 2 is 2.20 bits per heavy atom. The molecule has 6 heteroatoms. The van der Waals surface area contributed by atoms with Gasteiger partial charge in [-0.25, -0.2) is 9.67 Å². The zero-order chi connectivity index (χ0) is 14.5. The van der Waals surface area contributed by atoms with E-state index < -0.39 is 0 Å². The van der Waals surface area contributed by atoms with Gasteiger partial charge in [-0.15, -0.1) is 0 Å². The second-order valence-electron chi connectivity index (χ2n) is 5.07. The molecule has 1 N–H and O–H groups in total. The molecule has 0 fully saturated rings. The highest BCUT2D eigenvalue weighted by Gasteiger charge is 2.19. The number of halogens is 1. The van der Waals surface area contributed by atoms with Gasteiger partial charge >= 0.3 is 0 Å². The first-order chi connectivity index (χ1) is 9.61. The van der Waals surface area contributed by atoms with Crippen molar-refractivity contribution in [2.45, 2.75) is 45.7 Å². The van der Waals surface area contributed by atoms with Gasteiger partial charge in [0.1, 0.15) is 17.9 Å². The van der Waals surface area contributed by atoms with Crippen molar-refractivity contribution in [3.05, 3.63) is 34.7 Å². The molecule has 2 heterocycles. The molecule has 5 nitrogen and oxygen atoms in total. The summed E-state index contributed by atoms with van der Waals surface area (Å²) in [5.74, 6) is 1.89. The smallest absolute Gasteiger partial charge is 0.169 e. The SMILES string of the molecule is CCCNC(Cc1ncnn1C(C)C)c1ccc(Br)o1. The normalized spacial score (nSPS) is 13.1. The van der Waals surface area contributed by atoms with E-state index in [4.69, 9.17) is 4.42 Å². The number of furan rings is 1. The Bertz CT molecular complexity index is 535. The number of rotatable bonds is 7. The summed E-state index contributed by atoms with van der Waals surface area (Å²) in [6, 6.07) is 4.34. The van der Waals surface area contributed by atoms with E-state index in [0.29, 0.717) is 6.04 Å². The van der Waals surface area contributed by atoms with Crippen LogP contribution in [0.5, 0.6) is 0 Å². The fourth-order valence-electron chi connectivity index (χ4n) is 2.14. The molecule has 0 aliphatic rings. The molecule has 0 saturated carbocycles. The predicted octanol–water partition coefficient (Wildman–Crippen LogP) is 3.50. The van der Waals surface area contributed by atoms with Gasteiger partial charge in [-0.2, -0.15) is 5.10 Å². The lowest BCUT2D eigenvalue weighted by Crippen LogP contribution is -2.25. The van der Waals surface area contributed by atoms with Crippen molar-refractivity contribution < 1.29 is 4.42 Å². The Hall–Kier alpha value is -1.14. The molecule has 110 valence electrons. The highest BCUT2D eigenvalue weighted by molar-refractivity contribution is 9.10. The lowest BCUT2D eigenvalue weighted by molar-refractivity contribution is 0.386. The molecule has 0 spiro atoms. The zero-order valence-electron chi connectivity index (χ0n) is 12.1. The van der Waals surface area contributed by atoms with E-state index in [9.17, 15) is 0 Å². The Morgan fingerprint density at radius 1 is 1.40 bits per heavy atom. The second kappa shape index (κ2) is 7.04. The lowest BCUT2D eigenvalue weighted by atomic mass is 10.1. The molecule has 2 aromatic heterocycles. The average molecular weight is 341 g/mol. The molecule has 2 aromatic rings. The minimum Gasteiger partial charge on any atom is -0.453 e. The largest absolute Gasteiger partial charge is 0.453 e. The quantitative estimate of drug-likeness (QED) is 0.837. The number of hydrogen-bond donors (Lipinski definition) is 1. The summed E-state index contributed by atoms with van der Waals surface area (Å²) in [5.41, 5.74) is 0. The van der Waals surface area contributed by atoms with Gasteiger partial charge < -0.3 is 9.73 Å². The summed E-state index contributed by atoms with van der Waals surface area (Å²) in [7, 11) is 0. The first-order valence-corrected chi connectivity index (χ1v) is 7.78.